The second kappa shape index (κ2) is 4.20. The van der Waals surface area contributed by atoms with Crippen molar-refractivity contribution in [2.45, 2.75) is 13.3 Å². The van der Waals surface area contributed by atoms with Crippen molar-refractivity contribution in [3.8, 4) is 0 Å². The van der Waals surface area contributed by atoms with Crippen molar-refractivity contribution in [3.05, 3.63) is 10.5 Å². The molecule has 0 amide bonds. The van der Waals surface area contributed by atoms with Crippen LogP contribution in [0.15, 0.2) is 10.5 Å². The van der Waals surface area contributed by atoms with Gasteiger partial charge in [-0.2, -0.15) is 8.42 Å². The molecule has 8 heteroatoms. The van der Waals surface area contributed by atoms with Gasteiger partial charge in [0.15, 0.2) is 4.91 Å². The molecule has 0 radical (unpaired) electrons. The maximum atomic E-state index is 10.5. The molecule has 80 valence electrons. The van der Waals surface area contributed by atoms with E-state index in [1.54, 1.807) is 0 Å². The zero-order valence-electron chi connectivity index (χ0n) is 7.09. The van der Waals surface area contributed by atoms with E-state index in [2.05, 4.69) is 0 Å². The number of hydrogen-bond acceptors (Lipinski definition) is 4. The monoisotopic (exact) mass is 224 g/mol. The van der Waals surface area contributed by atoms with Crippen LogP contribution >= 0.6 is 0 Å². The lowest BCUT2D eigenvalue weighted by Crippen LogP contribution is -2.18. The maximum Gasteiger partial charge on any atom is 0.350 e. The van der Waals surface area contributed by atoms with E-state index in [0.29, 0.717) is 0 Å². The van der Waals surface area contributed by atoms with E-state index in [0.717, 1.165) is 0 Å². The molecule has 0 saturated heterocycles. The lowest BCUT2D eigenvalue weighted by molar-refractivity contribution is -0.135. The van der Waals surface area contributed by atoms with Crippen LogP contribution in [0.1, 0.15) is 13.3 Å². The number of rotatable bonds is 4. The summed E-state index contributed by atoms with van der Waals surface area (Å²) in [7, 11) is -5.02. The SMILES string of the molecule is CCC(C(=O)O)=C(C(=O)O)S(=O)(=O)O. The highest BCUT2D eigenvalue weighted by Gasteiger charge is 2.29. The van der Waals surface area contributed by atoms with Crippen LogP contribution in [-0.4, -0.2) is 35.1 Å². The average molecular weight is 224 g/mol. The molecule has 0 rings (SSSR count). The molecule has 0 aromatic heterocycles. The Morgan fingerprint density at radius 3 is 1.64 bits per heavy atom. The van der Waals surface area contributed by atoms with Crippen molar-refractivity contribution in [1.82, 2.24) is 0 Å². The molecular weight excluding hydrogens is 216 g/mol. The molecule has 0 heterocycles. The van der Waals surface area contributed by atoms with Crippen LogP contribution in [-0.2, 0) is 19.7 Å². The summed E-state index contributed by atoms with van der Waals surface area (Å²) >= 11 is 0. The maximum absolute atomic E-state index is 10.5. The summed E-state index contributed by atoms with van der Waals surface area (Å²) in [6.07, 6.45) is -0.323. The Balaban J connectivity index is 5.84. The van der Waals surface area contributed by atoms with Gasteiger partial charge in [0.05, 0.1) is 5.57 Å². The fourth-order valence-corrected chi connectivity index (χ4v) is 1.57. The summed E-state index contributed by atoms with van der Waals surface area (Å²) in [5, 5.41) is 16.9. The van der Waals surface area contributed by atoms with Gasteiger partial charge >= 0.3 is 22.1 Å². The minimum Gasteiger partial charge on any atom is -0.478 e. The van der Waals surface area contributed by atoms with E-state index in [9.17, 15) is 18.0 Å². The minimum atomic E-state index is -5.02. The Labute approximate surface area is 79.4 Å². The Morgan fingerprint density at radius 2 is 1.57 bits per heavy atom. The number of hydrogen-bond donors (Lipinski definition) is 3. The Hall–Kier alpha value is -1.41. The second-order valence-electron chi connectivity index (χ2n) is 2.25. The van der Waals surface area contributed by atoms with E-state index in [4.69, 9.17) is 14.8 Å². The molecular formula is C6H8O7S. The molecule has 0 aromatic rings. The van der Waals surface area contributed by atoms with Crippen molar-refractivity contribution in [3.63, 3.8) is 0 Å². The lowest BCUT2D eigenvalue weighted by atomic mass is 10.2. The zero-order chi connectivity index (χ0) is 11.5. The van der Waals surface area contributed by atoms with E-state index >= 15 is 0 Å². The number of carboxylic acid groups (broad SMARTS) is 2. The third kappa shape index (κ3) is 2.82. The fourth-order valence-electron chi connectivity index (χ4n) is 0.804. The van der Waals surface area contributed by atoms with E-state index in [1.165, 1.54) is 6.92 Å². The molecule has 0 saturated carbocycles. The van der Waals surface area contributed by atoms with Gasteiger partial charge in [0, 0.05) is 0 Å². The quantitative estimate of drug-likeness (QED) is 0.441. The zero-order valence-corrected chi connectivity index (χ0v) is 7.91. The Bertz CT molecular complexity index is 388. The highest BCUT2D eigenvalue weighted by molar-refractivity contribution is 7.90. The fraction of sp³-hybridized carbons (Fsp3) is 0.333. The third-order valence-corrected chi connectivity index (χ3v) is 2.27. The molecule has 7 nitrogen and oxygen atoms in total. The predicted molar refractivity (Wildman–Crippen MR) is 44.1 cm³/mol. The van der Waals surface area contributed by atoms with Crippen molar-refractivity contribution in [2.24, 2.45) is 0 Å². The number of aliphatic carboxylic acids is 2. The Morgan fingerprint density at radius 1 is 1.14 bits per heavy atom. The van der Waals surface area contributed by atoms with E-state index in [1.807, 2.05) is 0 Å². The van der Waals surface area contributed by atoms with Gasteiger partial charge in [-0.1, -0.05) is 6.92 Å². The van der Waals surface area contributed by atoms with Crippen LogP contribution in [0.25, 0.3) is 0 Å². The summed E-state index contributed by atoms with van der Waals surface area (Å²) in [6, 6.07) is 0. The number of carboxylic acids is 2. The second-order valence-corrected chi connectivity index (χ2v) is 3.60. The molecule has 0 aromatic carbocycles. The molecule has 14 heavy (non-hydrogen) atoms. The van der Waals surface area contributed by atoms with Crippen LogP contribution in [0.3, 0.4) is 0 Å². The largest absolute Gasteiger partial charge is 0.478 e. The van der Waals surface area contributed by atoms with Crippen molar-refractivity contribution < 1.29 is 32.8 Å². The summed E-state index contributed by atoms with van der Waals surface area (Å²) in [6.45, 7) is 1.26. The van der Waals surface area contributed by atoms with Gasteiger partial charge in [-0.25, -0.2) is 9.59 Å². The van der Waals surface area contributed by atoms with Gasteiger partial charge in [0.2, 0.25) is 0 Å². The van der Waals surface area contributed by atoms with Gasteiger partial charge in [-0.15, -0.1) is 0 Å². The topological polar surface area (TPSA) is 129 Å². The third-order valence-electron chi connectivity index (χ3n) is 1.34. The molecule has 0 unspecified atom stereocenters. The summed E-state index contributed by atoms with van der Waals surface area (Å²) < 4.78 is 29.5. The summed E-state index contributed by atoms with van der Waals surface area (Å²) in [5.74, 6) is -3.69. The molecule has 0 fully saturated rings. The first-order chi connectivity index (χ1) is 6.21. The van der Waals surface area contributed by atoms with Crippen LogP contribution < -0.4 is 0 Å². The van der Waals surface area contributed by atoms with Crippen molar-refractivity contribution in [1.29, 1.82) is 0 Å². The molecule has 0 aliphatic heterocycles. The van der Waals surface area contributed by atoms with Crippen LogP contribution in [0.2, 0.25) is 0 Å². The molecule has 0 spiro atoms. The van der Waals surface area contributed by atoms with Gasteiger partial charge < -0.3 is 10.2 Å². The van der Waals surface area contributed by atoms with Crippen molar-refractivity contribution >= 4 is 22.1 Å². The smallest absolute Gasteiger partial charge is 0.350 e. The molecule has 0 bridgehead atoms. The molecule has 0 aliphatic carbocycles. The average Bonchev–Trinajstić information content (AvgIpc) is 1.95. The first kappa shape index (κ1) is 12.6. The van der Waals surface area contributed by atoms with Gasteiger partial charge in [0.25, 0.3) is 0 Å². The van der Waals surface area contributed by atoms with Crippen molar-refractivity contribution in [2.75, 3.05) is 0 Å². The normalized spacial score (nSPS) is 13.3. The summed E-state index contributed by atoms with van der Waals surface area (Å²) in [4.78, 5) is 19.3. The predicted octanol–water partition coefficient (Wildman–Crippen LogP) is -0.292. The standard InChI is InChI=1S/C6H8O7S/c1-2-3(5(7)8)4(6(9)10)14(11,12)13/h2H2,1H3,(H,7,8)(H,9,10)(H,11,12,13). The number of carbonyl (C=O) groups is 2. The van der Waals surface area contributed by atoms with Crippen LogP contribution in [0.5, 0.6) is 0 Å². The molecule has 0 atom stereocenters. The summed E-state index contributed by atoms with van der Waals surface area (Å²) in [5.41, 5.74) is -0.861. The lowest BCUT2D eigenvalue weighted by Gasteiger charge is -2.02. The molecule has 0 aliphatic rings. The first-order valence-corrected chi connectivity index (χ1v) is 4.83. The van der Waals surface area contributed by atoms with Gasteiger partial charge in [-0.05, 0) is 6.42 Å². The van der Waals surface area contributed by atoms with Gasteiger partial charge in [-0.3, -0.25) is 4.55 Å². The van der Waals surface area contributed by atoms with Crippen LogP contribution in [0, 0.1) is 0 Å². The highest BCUT2D eigenvalue weighted by Crippen LogP contribution is 2.14. The first-order valence-electron chi connectivity index (χ1n) is 3.39. The highest BCUT2D eigenvalue weighted by atomic mass is 32.2. The van der Waals surface area contributed by atoms with Crippen LogP contribution in [0.4, 0.5) is 0 Å². The minimum absolute atomic E-state index is 0.323. The molecule has 3 N–H and O–H groups in total. The van der Waals surface area contributed by atoms with E-state index in [-0.39, 0.29) is 6.42 Å². The Kier molecular flexibility index (Phi) is 3.78. The van der Waals surface area contributed by atoms with E-state index < -0.39 is 32.5 Å². The van der Waals surface area contributed by atoms with Gasteiger partial charge in [0.1, 0.15) is 0 Å².